The predicted octanol–water partition coefficient (Wildman–Crippen LogP) is 5.19. The van der Waals surface area contributed by atoms with Crippen LogP contribution in [-0.2, 0) is 0 Å². The number of ketones is 1. The van der Waals surface area contributed by atoms with Crippen LogP contribution in [0.5, 0.6) is 11.5 Å². The van der Waals surface area contributed by atoms with Crippen molar-refractivity contribution in [2.75, 3.05) is 0 Å². The van der Waals surface area contributed by atoms with E-state index >= 15 is 0 Å². The Morgan fingerprint density at radius 2 is 1.73 bits per heavy atom. The molecule has 0 bridgehead atoms. The average molecular weight is 466 g/mol. The summed E-state index contributed by atoms with van der Waals surface area (Å²) in [5, 5.41) is 10.7. The Bertz CT molecular complexity index is 1200. The third-order valence-electron chi connectivity index (χ3n) is 4.33. The van der Waals surface area contributed by atoms with Crippen LogP contribution in [0.2, 0.25) is 0 Å². The molecule has 3 aromatic carbocycles. The molecule has 0 N–H and O–H groups in total. The van der Waals surface area contributed by atoms with Crippen LogP contribution in [-0.4, -0.2) is 16.7 Å². The number of nitro benzene ring substituents is 1. The molecule has 8 heteroatoms. The van der Waals surface area contributed by atoms with E-state index in [0.29, 0.717) is 5.56 Å². The van der Waals surface area contributed by atoms with Gasteiger partial charge in [-0.3, -0.25) is 14.9 Å². The highest BCUT2D eigenvalue weighted by atomic mass is 79.9. The van der Waals surface area contributed by atoms with Crippen LogP contribution in [0.3, 0.4) is 0 Å². The highest BCUT2D eigenvalue weighted by molar-refractivity contribution is 9.10. The monoisotopic (exact) mass is 465 g/mol. The van der Waals surface area contributed by atoms with Crippen molar-refractivity contribution in [3.05, 3.63) is 104 Å². The molecular weight excluding hydrogens is 454 g/mol. The number of hydrogen-bond donors (Lipinski definition) is 0. The SMILES string of the molecule is O=C(Oc1ccc2c(c1)OC(=Cc1ccc(Br)cc1)C2=O)c1ccc([N+](=O)[O-])cc1. The van der Waals surface area contributed by atoms with Crippen LogP contribution in [0.25, 0.3) is 6.08 Å². The summed E-state index contributed by atoms with van der Waals surface area (Å²) >= 11 is 3.36. The molecule has 4 rings (SSSR count). The largest absolute Gasteiger partial charge is 0.452 e. The Hall–Kier alpha value is -3.78. The van der Waals surface area contributed by atoms with Crippen molar-refractivity contribution >= 4 is 39.4 Å². The number of esters is 1. The highest BCUT2D eigenvalue weighted by Gasteiger charge is 2.28. The van der Waals surface area contributed by atoms with E-state index in [1.165, 1.54) is 42.5 Å². The van der Waals surface area contributed by atoms with Crippen molar-refractivity contribution in [3.8, 4) is 11.5 Å². The first-order chi connectivity index (χ1) is 14.4. The maximum absolute atomic E-state index is 12.5. The smallest absolute Gasteiger partial charge is 0.343 e. The maximum atomic E-state index is 12.5. The summed E-state index contributed by atoms with van der Waals surface area (Å²) in [7, 11) is 0. The molecule has 0 spiro atoms. The fourth-order valence-electron chi connectivity index (χ4n) is 2.83. The van der Waals surface area contributed by atoms with E-state index in [2.05, 4.69) is 15.9 Å². The number of nitrogens with zero attached hydrogens (tertiary/aromatic N) is 1. The van der Waals surface area contributed by atoms with E-state index in [1.54, 1.807) is 6.08 Å². The van der Waals surface area contributed by atoms with Gasteiger partial charge in [0.25, 0.3) is 5.69 Å². The molecular formula is C22H12BrNO6. The number of allylic oxidation sites excluding steroid dienone is 1. The summed E-state index contributed by atoms with van der Waals surface area (Å²) in [6.45, 7) is 0. The normalized spacial score (nSPS) is 13.6. The van der Waals surface area contributed by atoms with Crippen LogP contribution in [0, 0.1) is 10.1 Å². The summed E-state index contributed by atoms with van der Waals surface area (Å²) in [5.74, 6) is -0.292. The summed E-state index contributed by atoms with van der Waals surface area (Å²) in [6.07, 6.45) is 1.64. The van der Waals surface area contributed by atoms with Gasteiger partial charge in [-0.25, -0.2) is 4.79 Å². The Labute approximate surface area is 178 Å². The number of non-ortho nitro benzene ring substituents is 1. The number of ether oxygens (including phenoxy) is 2. The predicted molar refractivity (Wildman–Crippen MR) is 112 cm³/mol. The number of fused-ring (bicyclic) bond motifs is 1. The summed E-state index contributed by atoms with van der Waals surface area (Å²) < 4.78 is 11.9. The second-order valence-electron chi connectivity index (χ2n) is 6.34. The van der Waals surface area contributed by atoms with Crippen molar-refractivity contribution in [2.45, 2.75) is 0 Å². The molecule has 1 aliphatic heterocycles. The zero-order chi connectivity index (χ0) is 21.3. The number of halogens is 1. The van der Waals surface area contributed by atoms with Crippen LogP contribution >= 0.6 is 15.9 Å². The fourth-order valence-corrected chi connectivity index (χ4v) is 3.09. The number of benzene rings is 3. The van der Waals surface area contributed by atoms with E-state index < -0.39 is 10.9 Å². The third-order valence-corrected chi connectivity index (χ3v) is 4.86. The van der Waals surface area contributed by atoms with Gasteiger partial charge < -0.3 is 9.47 Å². The molecule has 1 aliphatic rings. The Morgan fingerprint density at radius 1 is 1.03 bits per heavy atom. The lowest BCUT2D eigenvalue weighted by Gasteiger charge is -2.05. The molecule has 3 aromatic rings. The third kappa shape index (κ3) is 3.99. The number of Topliss-reactive ketones (excluding diaryl/α,β-unsaturated/α-hetero) is 1. The fraction of sp³-hybridized carbons (Fsp3) is 0. The zero-order valence-corrected chi connectivity index (χ0v) is 16.8. The molecule has 0 unspecified atom stereocenters. The molecule has 0 fully saturated rings. The first-order valence-corrected chi connectivity index (χ1v) is 9.50. The summed E-state index contributed by atoms with van der Waals surface area (Å²) in [6, 6.07) is 16.9. The van der Waals surface area contributed by atoms with Crippen molar-refractivity contribution < 1.29 is 24.0 Å². The molecule has 0 saturated heterocycles. The molecule has 0 saturated carbocycles. The van der Waals surface area contributed by atoms with Gasteiger partial charge in [-0.1, -0.05) is 28.1 Å². The summed E-state index contributed by atoms with van der Waals surface area (Å²) in [5.41, 5.74) is 1.21. The van der Waals surface area contributed by atoms with Gasteiger partial charge in [-0.05, 0) is 48.0 Å². The number of rotatable bonds is 4. The second kappa shape index (κ2) is 7.92. The van der Waals surface area contributed by atoms with Gasteiger partial charge in [0, 0.05) is 22.7 Å². The number of nitro groups is 1. The number of hydrogen-bond acceptors (Lipinski definition) is 6. The van der Waals surface area contributed by atoms with Crippen molar-refractivity contribution in [1.82, 2.24) is 0 Å². The lowest BCUT2D eigenvalue weighted by molar-refractivity contribution is -0.384. The van der Waals surface area contributed by atoms with Gasteiger partial charge in [0.15, 0.2) is 5.76 Å². The molecule has 0 atom stereocenters. The van der Waals surface area contributed by atoms with Crippen molar-refractivity contribution in [3.63, 3.8) is 0 Å². The minimum absolute atomic E-state index is 0.124. The Morgan fingerprint density at radius 3 is 2.40 bits per heavy atom. The molecule has 148 valence electrons. The molecule has 0 aromatic heterocycles. The van der Waals surface area contributed by atoms with Crippen molar-refractivity contribution in [2.24, 2.45) is 0 Å². The van der Waals surface area contributed by atoms with Crippen LogP contribution < -0.4 is 9.47 Å². The number of carbonyl (C=O) groups excluding carboxylic acids is 2. The standard InChI is InChI=1S/C22H12BrNO6/c23-15-5-1-13(2-6-15)11-20-21(25)18-10-9-17(12-19(18)30-20)29-22(26)14-3-7-16(8-4-14)24(27)28/h1-12H. The first-order valence-electron chi connectivity index (χ1n) is 8.71. The Balaban J connectivity index is 1.51. The summed E-state index contributed by atoms with van der Waals surface area (Å²) in [4.78, 5) is 35.0. The van der Waals surface area contributed by atoms with E-state index in [1.807, 2.05) is 24.3 Å². The van der Waals surface area contributed by atoms with Crippen LogP contribution in [0.4, 0.5) is 5.69 Å². The zero-order valence-electron chi connectivity index (χ0n) is 15.2. The maximum Gasteiger partial charge on any atom is 0.343 e. The lowest BCUT2D eigenvalue weighted by Crippen LogP contribution is -2.08. The van der Waals surface area contributed by atoms with Gasteiger partial charge in [0.05, 0.1) is 16.1 Å². The van der Waals surface area contributed by atoms with E-state index in [0.717, 1.165) is 10.0 Å². The highest BCUT2D eigenvalue weighted by Crippen LogP contribution is 2.35. The van der Waals surface area contributed by atoms with Gasteiger partial charge in [-0.2, -0.15) is 0 Å². The van der Waals surface area contributed by atoms with Crippen LogP contribution in [0.1, 0.15) is 26.3 Å². The molecule has 0 amide bonds. The minimum atomic E-state index is -0.681. The van der Waals surface area contributed by atoms with Gasteiger partial charge in [0.1, 0.15) is 11.5 Å². The molecule has 0 radical (unpaired) electrons. The van der Waals surface area contributed by atoms with Gasteiger partial charge >= 0.3 is 5.97 Å². The molecule has 7 nitrogen and oxygen atoms in total. The average Bonchev–Trinajstić information content (AvgIpc) is 3.04. The van der Waals surface area contributed by atoms with Crippen LogP contribution in [0.15, 0.2) is 77.0 Å². The quantitative estimate of drug-likeness (QED) is 0.173. The molecule has 30 heavy (non-hydrogen) atoms. The topological polar surface area (TPSA) is 95.7 Å². The van der Waals surface area contributed by atoms with Gasteiger partial charge in [-0.15, -0.1) is 0 Å². The van der Waals surface area contributed by atoms with Gasteiger partial charge in [0.2, 0.25) is 5.78 Å². The van der Waals surface area contributed by atoms with E-state index in [9.17, 15) is 19.7 Å². The van der Waals surface area contributed by atoms with E-state index in [-0.39, 0.29) is 34.3 Å². The minimum Gasteiger partial charge on any atom is -0.452 e. The number of carbonyl (C=O) groups is 2. The molecule has 1 heterocycles. The Kier molecular flexibility index (Phi) is 5.16. The van der Waals surface area contributed by atoms with Crippen molar-refractivity contribution in [1.29, 1.82) is 0 Å². The lowest BCUT2D eigenvalue weighted by atomic mass is 10.1. The molecule has 0 aliphatic carbocycles. The second-order valence-corrected chi connectivity index (χ2v) is 7.26. The first kappa shape index (κ1) is 19.5. The van der Waals surface area contributed by atoms with E-state index in [4.69, 9.17) is 9.47 Å².